The number of halogens is 1. The van der Waals surface area contributed by atoms with Crippen molar-refractivity contribution >= 4 is 11.6 Å². The number of hydrogen-bond donors (Lipinski definition) is 0. The standard InChI is InChI=1S/C8H15Cl/c1-7(2)6-8(3)4-5-9/h6,8H,4-5H2,1-3H3/t8-/m1/s1. The molecule has 0 aromatic carbocycles. The summed E-state index contributed by atoms with van der Waals surface area (Å²) in [4.78, 5) is 0. The van der Waals surface area contributed by atoms with Crippen molar-refractivity contribution < 1.29 is 0 Å². The molecule has 0 nitrogen and oxygen atoms in total. The molecule has 0 saturated carbocycles. The van der Waals surface area contributed by atoms with E-state index in [-0.39, 0.29) is 0 Å². The number of alkyl halides is 1. The van der Waals surface area contributed by atoms with Crippen LogP contribution in [0.4, 0.5) is 0 Å². The summed E-state index contributed by atoms with van der Waals surface area (Å²) in [6.07, 6.45) is 3.34. The van der Waals surface area contributed by atoms with E-state index in [4.69, 9.17) is 11.6 Å². The average molecular weight is 147 g/mol. The number of allylic oxidation sites excluding steroid dienone is 2. The van der Waals surface area contributed by atoms with Crippen molar-refractivity contribution in [3.05, 3.63) is 11.6 Å². The summed E-state index contributed by atoms with van der Waals surface area (Å²) >= 11 is 5.55. The summed E-state index contributed by atoms with van der Waals surface area (Å²) in [5.74, 6) is 1.41. The molecule has 0 unspecified atom stereocenters. The Hall–Kier alpha value is 0.0300. The van der Waals surface area contributed by atoms with E-state index in [0.717, 1.165) is 12.3 Å². The van der Waals surface area contributed by atoms with Gasteiger partial charge in [0.1, 0.15) is 0 Å². The molecular weight excluding hydrogens is 132 g/mol. The summed E-state index contributed by atoms with van der Waals surface area (Å²) in [5, 5.41) is 0. The van der Waals surface area contributed by atoms with Gasteiger partial charge < -0.3 is 0 Å². The quantitative estimate of drug-likeness (QED) is 0.424. The van der Waals surface area contributed by atoms with Gasteiger partial charge in [-0.25, -0.2) is 0 Å². The van der Waals surface area contributed by atoms with E-state index in [2.05, 4.69) is 26.8 Å². The van der Waals surface area contributed by atoms with Gasteiger partial charge in [0.15, 0.2) is 0 Å². The van der Waals surface area contributed by atoms with Crippen LogP contribution >= 0.6 is 11.6 Å². The molecule has 1 heteroatoms. The lowest BCUT2D eigenvalue weighted by Gasteiger charge is -2.01. The maximum atomic E-state index is 5.55. The molecule has 0 amide bonds. The summed E-state index contributed by atoms with van der Waals surface area (Å²) in [6, 6.07) is 0. The minimum atomic E-state index is 0.646. The zero-order valence-electron chi connectivity index (χ0n) is 6.45. The van der Waals surface area contributed by atoms with Gasteiger partial charge in [-0.1, -0.05) is 18.6 Å². The minimum absolute atomic E-state index is 0.646. The van der Waals surface area contributed by atoms with E-state index in [1.807, 2.05) is 0 Å². The second-order valence-corrected chi connectivity index (χ2v) is 3.08. The molecule has 0 saturated heterocycles. The largest absolute Gasteiger partial charge is 0.127 e. The summed E-state index contributed by atoms with van der Waals surface area (Å²) < 4.78 is 0. The van der Waals surface area contributed by atoms with Gasteiger partial charge in [0, 0.05) is 5.88 Å². The normalized spacial score (nSPS) is 12.9. The molecule has 9 heavy (non-hydrogen) atoms. The van der Waals surface area contributed by atoms with E-state index < -0.39 is 0 Å². The minimum Gasteiger partial charge on any atom is -0.127 e. The van der Waals surface area contributed by atoms with Crippen molar-refractivity contribution in [1.29, 1.82) is 0 Å². The highest BCUT2D eigenvalue weighted by Crippen LogP contribution is 2.07. The van der Waals surface area contributed by atoms with Crippen LogP contribution in [0.5, 0.6) is 0 Å². The zero-order chi connectivity index (χ0) is 7.28. The average Bonchev–Trinajstić information content (AvgIpc) is 1.63. The fraction of sp³-hybridized carbons (Fsp3) is 0.750. The van der Waals surface area contributed by atoms with Gasteiger partial charge in [-0.2, -0.15) is 0 Å². The maximum Gasteiger partial charge on any atom is 0.0228 e. The SMILES string of the molecule is CC(C)=C[C@H](C)CCCl. The number of hydrogen-bond acceptors (Lipinski definition) is 0. The van der Waals surface area contributed by atoms with Crippen molar-refractivity contribution in [2.24, 2.45) is 5.92 Å². The molecule has 0 rings (SSSR count). The summed E-state index contributed by atoms with van der Waals surface area (Å²) in [7, 11) is 0. The Bertz CT molecular complexity index is 90.7. The third kappa shape index (κ3) is 5.91. The highest BCUT2D eigenvalue weighted by molar-refractivity contribution is 6.17. The Balaban J connectivity index is 3.49. The summed E-state index contributed by atoms with van der Waals surface area (Å²) in [6.45, 7) is 6.42. The van der Waals surface area contributed by atoms with Gasteiger partial charge in [0.25, 0.3) is 0 Å². The van der Waals surface area contributed by atoms with Crippen LogP contribution in [0.15, 0.2) is 11.6 Å². The Morgan fingerprint density at radius 1 is 1.56 bits per heavy atom. The van der Waals surface area contributed by atoms with Crippen molar-refractivity contribution in [3.63, 3.8) is 0 Å². The lowest BCUT2D eigenvalue weighted by molar-refractivity contribution is 0.697. The van der Waals surface area contributed by atoms with Gasteiger partial charge in [-0.3, -0.25) is 0 Å². The lowest BCUT2D eigenvalue weighted by Crippen LogP contribution is -1.90. The molecule has 0 heterocycles. The first kappa shape index (κ1) is 9.03. The highest BCUT2D eigenvalue weighted by Gasteiger charge is 1.94. The molecule has 1 atom stereocenters. The van der Waals surface area contributed by atoms with Crippen LogP contribution < -0.4 is 0 Å². The monoisotopic (exact) mass is 146 g/mol. The first-order chi connectivity index (χ1) is 4.16. The number of rotatable bonds is 3. The predicted molar refractivity (Wildman–Crippen MR) is 43.9 cm³/mol. The smallest absolute Gasteiger partial charge is 0.0228 e. The molecule has 0 aliphatic carbocycles. The molecule has 0 radical (unpaired) electrons. The van der Waals surface area contributed by atoms with Gasteiger partial charge in [-0.05, 0) is 26.2 Å². The van der Waals surface area contributed by atoms with Crippen LogP contribution in [-0.4, -0.2) is 5.88 Å². The molecule has 0 bridgehead atoms. The molecule has 0 N–H and O–H groups in total. The van der Waals surface area contributed by atoms with E-state index in [9.17, 15) is 0 Å². The lowest BCUT2D eigenvalue weighted by atomic mass is 10.1. The first-order valence-corrected chi connectivity index (χ1v) is 3.91. The van der Waals surface area contributed by atoms with Crippen molar-refractivity contribution in [3.8, 4) is 0 Å². The molecule has 0 aliphatic heterocycles. The van der Waals surface area contributed by atoms with E-state index >= 15 is 0 Å². The van der Waals surface area contributed by atoms with Gasteiger partial charge in [0.2, 0.25) is 0 Å². The Morgan fingerprint density at radius 3 is 2.44 bits per heavy atom. The molecule has 54 valence electrons. The van der Waals surface area contributed by atoms with Crippen LogP contribution in [0, 0.1) is 5.92 Å². The van der Waals surface area contributed by atoms with Crippen LogP contribution in [0.2, 0.25) is 0 Å². The van der Waals surface area contributed by atoms with Crippen LogP contribution in [-0.2, 0) is 0 Å². The van der Waals surface area contributed by atoms with Crippen LogP contribution in [0.25, 0.3) is 0 Å². The predicted octanol–water partition coefficient (Wildman–Crippen LogP) is 3.22. The molecule has 0 spiro atoms. The van der Waals surface area contributed by atoms with E-state index in [1.165, 1.54) is 5.57 Å². The Morgan fingerprint density at radius 2 is 2.11 bits per heavy atom. The first-order valence-electron chi connectivity index (χ1n) is 3.37. The van der Waals surface area contributed by atoms with E-state index in [0.29, 0.717) is 5.92 Å². The molecule has 0 aromatic heterocycles. The molecule has 0 fully saturated rings. The molecular formula is C8H15Cl. The molecule has 0 aromatic rings. The maximum absolute atomic E-state index is 5.55. The molecule has 0 aliphatic rings. The topological polar surface area (TPSA) is 0 Å². The van der Waals surface area contributed by atoms with Crippen molar-refractivity contribution in [2.45, 2.75) is 27.2 Å². The van der Waals surface area contributed by atoms with Crippen molar-refractivity contribution in [1.82, 2.24) is 0 Å². The van der Waals surface area contributed by atoms with Gasteiger partial charge >= 0.3 is 0 Å². The van der Waals surface area contributed by atoms with Crippen molar-refractivity contribution in [2.75, 3.05) is 5.88 Å². The Kier molecular flexibility index (Phi) is 4.88. The van der Waals surface area contributed by atoms with Crippen LogP contribution in [0.1, 0.15) is 27.2 Å². The summed E-state index contributed by atoms with van der Waals surface area (Å²) in [5.41, 5.74) is 1.38. The fourth-order valence-corrected chi connectivity index (χ4v) is 1.17. The zero-order valence-corrected chi connectivity index (χ0v) is 7.20. The van der Waals surface area contributed by atoms with E-state index in [1.54, 1.807) is 0 Å². The second-order valence-electron chi connectivity index (χ2n) is 2.70. The van der Waals surface area contributed by atoms with Crippen LogP contribution in [0.3, 0.4) is 0 Å². The second kappa shape index (κ2) is 4.87. The van der Waals surface area contributed by atoms with Gasteiger partial charge in [-0.15, -0.1) is 11.6 Å². The third-order valence-electron chi connectivity index (χ3n) is 1.18. The third-order valence-corrected chi connectivity index (χ3v) is 1.40. The fourth-order valence-electron chi connectivity index (χ4n) is 0.824. The van der Waals surface area contributed by atoms with Gasteiger partial charge in [0.05, 0.1) is 0 Å². The highest BCUT2D eigenvalue weighted by atomic mass is 35.5. The Labute approximate surface area is 62.9 Å².